The molecule has 0 fully saturated rings. The first-order chi connectivity index (χ1) is 5.91. The Labute approximate surface area is 81.4 Å². The lowest BCUT2D eigenvalue weighted by atomic mass is 10.1. The van der Waals surface area contributed by atoms with Crippen LogP contribution in [0.4, 0.5) is 0 Å². The van der Waals surface area contributed by atoms with Crippen molar-refractivity contribution in [2.24, 2.45) is 0 Å². The van der Waals surface area contributed by atoms with Crippen LogP contribution in [0.3, 0.4) is 0 Å². The highest BCUT2D eigenvalue weighted by atomic mass is 28.3. The lowest BCUT2D eigenvalue weighted by Crippen LogP contribution is -2.37. The highest BCUT2D eigenvalue weighted by Gasteiger charge is 2.15. The Morgan fingerprint density at radius 1 is 1.08 bits per heavy atom. The van der Waals surface area contributed by atoms with E-state index in [0.717, 1.165) is 5.56 Å². The Morgan fingerprint density at radius 2 is 1.54 bits per heavy atom. The molecule has 0 aliphatic carbocycles. The van der Waals surface area contributed by atoms with Crippen LogP contribution in [0.2, 0.25) is 19.6 Å². The smallest absolute Gasteiger partial charge is 0.0775 e. The van der Waals surface area contributed by atoms with Gasteiger partial charge in [-0.25, -0.2) is 0 Å². The topological polar surface area (TPSA) is 20.2 Å². The molecule has 0 aliphatic heterocycles. The van der Waals surface area contributed by atoms with Gasteiger partial charge in [-0.05, 0) is 12.5 Å². The van der Waals surface area contributed by atoms with Gasteiger partial charge in [0.25, 0.3) is 0 Å². The van der Waals surface area contributed by atoms with E-state index in [1.165, 1.54) is 5.19 Å². The molecule has 0 saturated heterocycles. The summed E-state index contributed by atoms with van der Waals surface area (Å²) in [5.74, 6) is 0. The predicted octanol–water partition coefficient (Wildman–Crippen LogP) is 2.29. The summed E-state index contributed by atoms with van der Waals surface area (Å²) in [6, 6.07) is 8.35. The van der Waals surface area contributed by atoms with E-state index in [1.807, 2.05) is 12.1 Å². The van der Waals surface area contributed by atoms with Crippen molar-refractivity contribution in [2.45, 2.75) is 32.7 Å². The number of benzene rings is 1. The minimum atomic E-state index is -1.17. The molecule has 0 spiro atoms. The molecular formula is C11H18OSi. The third-order valence-electron chi connectivity index (χ3n) is 2.26. The summed E-state index contributed by atoms with van der Waals surface area (Å²) in [4.78, 5) is 0. The molecule has 0 amide bonds. The van der Waals surface area contributed by atoms with Crippen LogP contribution in [0.25, 0.3) is 0 Å². The summed E-state index contributed by atoms with van der Waals surface area (Å²) in [7, 11) is -1.17. The fourth-order valence-electron chi connectivity index (χ4n) is 1.26. The molecule has 0 unspecified atom stereocenters. The van der Waals surface area contributed by atoms with E-state index in [4.69, 9.17) is 0 Å². The molecule has 1 nitrogen and oxygen atoms in total. The van der Waals surface area contributed by atoms with Crippen molar-refractivity contribution in [3.05, 3.63) is 29.8 Å². The highest BCUT2D eigenvalue weighted by molar-refractivity contribution is 6.88. The summed E-state index contributed by atoms with van der Waals surface area (Å²) >= 11 is 0. The fraction of sp³-hybridized carbons (Fsp3) is 0.455. The minimum Gasteiger partial charge on any atom is -0.389 e. The first kappa shape index (κ1) is 10.5. The van der Waals surface area contributed by atoms with Crippen molar-refractivity contribution in [3.8, 4) is 0 Å². The monoisotopic (exact) mass is 194 g/mol. The number of aliphatic hydroxyl groups excluding tert-OH is 1. The SMILES string of the molecule is C[C@H](O)c1ccc([Si](C)(C)C)cc1. The second kappa shape index (κ2) is 3.64. The largest absolute Gasteiger partial charge is 0.389 e. The Kier molecular flexibility index (Phi) is 2.93. The molecule has 0 heterocycles. The van der Waals surface area contributed by atoms with Gasteiger partial charge in [-0.2, -0.15) is 0 Å². The van der Waals surface area contributed by atoms with Gasteiger partial charge < -0.3 is 5.11 Å². The Balaban J connectivity index is 2.94. The maximum absolute atomic E-state index is 9.33. The van der Waals surface area contributed by atoms with Gasteiger partial charge in [-0.1, -0.05) is 49.1 Å². The number of hydrogen-bond acceptors (Lipinski definition) is 1. The van der Waals surface area contributed by atoms with Gasteiger partial charge in [0, 0.05) is 0 Å². The molecule has 0 radical (unpaired) electrons. The maximum atomic E-state index is 9.33. The normalized spacial score (nSPS) is 14.2. The third kappa shape index (κ3) is 2.67. The van der Waals surface area contributed by atoms with E-state index in [9.17, 15) is 5.11 Å². The van der Waals surface area contributed by atoms with Crippen molar-refractivity contribution in [1.29, 1.82) is 0 Å². The van der Waals surface area contributed by atoms with Crippen LogP contribution in [0, 0.1) is 0 Å². The van der Waals surface area contributed by atoms with Gasteiger partial charge in [-0.15, -0.1) is 0 Å². The molecule has 1 rings (SSSR count). The summed E-state index contributed by atoms with van der Waals surface area (Å²) in [5.41, 5.74) is 1.00. The van der Waals surface area contributed by atoms with Crippen LogP contribution < -0.4 is 5.19 Å². The Morgan fingerprint density at radius 3 is 1.85 bits per heavy atom. The molecule has 13 heavy (non-hydrogen) atoms. The van der Waals surface area contributed by atoms with Crippen LogP contribution in [0.5, 0.6) is 0 Å². The molecular weight excluding hydrogens is 176 g/mol. The maximum Gasteiger partial charge on any atom is 0.0775 e. The van der Waals surface area contributed by atoms with E-state index in [1.54, 1.807) is 6.92 Å². The zero-order valence-corrected chi connectivity index (χ0v) is 9.83. The zero-order chi connectivity index (χ0) is 10.1. The minimum absolute atomic E-state index is 0.351. The summed E-state index contributed by atoms with van der Waals surface area (Å²) in [6.07, 6.45) is -0.351. The lowest BCUT2D eigenvalue weighted by molar-refractivity contribution is 0.199. The molecule has 1 aromatic carbocycles. The number of hydrogen-bond donors (Lipinski definition) is 1. The molecule has 2 heteroatoms. The van der Waals surface area contributed by atoms with Crippen molar-refractivity contribution >= 4 is 13.3 Å². The quantitative estimate of drug-likeness (QED) is 0.716. The number of aliphatic hydroxyl groups is 1. The van der Waals surface area contributed by atoms with Crippen molar-refractivity contribution in [2.75, 3.05) is 0 Å². The Bertz CT molecular complexity index is 269. The Hall–Kier alpha value is -0.603. The van der Waals surface area contributed by atoms with Gasteiger partial charge in [-0.3, -0.25) is 0 Å². The van der Waals surface area contributed by atoms with Crippen molar-refractivity contribution < 1.29 is 5.11 Å². The molecule has 0 aromatic heterocycles. The zero-order valence-electron chi connectivity index (χ0n) is 8.83. The molecule has 1 atom stereocenters. The summed E-state index contributed by atoms with van der Waals surface area (Å²) in [6.45, 7) is 8.77. The molecule has 0 aliphatic rings. The van der Waals surface area contributed by atoms with Gasteiger partial charge in [0.15, 0.2) is 0 Å². The van der Waals surface area contributed by atoms with E-state index >= 15 is 0 Å². The molecule has 1 N–H and O–H groups in total. The van der Waals surface area contributed by atoms with Crippen LogP contribution >= 0.6 is 0 Å². The first-order valence-electron chi connectivity index (χ1n) is 4.70. The lowest BCUT2D eigenvalue weighted by Gasteiger charge is -2.17. The van der Waals surface area contributed by atoms with Crippen LogP contribution in [0.15, 0.2) is 24.3 Å². The third-order valence-corrected chi connectivity index (χ3v) is 4.32. The standard InChI is InChI=1S/C11H18OSi/c1-9(12)10-5-7-11(8-6-10)13(2,3)4/h5-9,12H,1-4H3/t9-/m0/s1. The second-order valence-corrected chi connectivity index (χ2v) is 9.63. The summed E-state index contributed by atoms with van der Waals surface area (Å²) in [5, 5.41) is 10.8. The first-order valence-corrected chi connectivity index (χ1v) is 8.20. The van der Waals surface area contributed by atoms with Gasteiger partial charge in [0.2, 0.25) is 0 Å². The summed E-state index contributed by atoms with van der Waals surface area (Å²) < 4.78 is 0. The van der Waals surface area contributed by atoms with E-state index in [-0.39, 0.29) is 6.10 Å². The van der Waals surface area contributed by atoms with Gasteiger partial charge in [0.1, 0.15) is 0 Å². The molecule has 0 bridgehead atoms. The van der Waals surface area contributed by atoms with Crippen molar-refractivity contribution in [1.82, 2.24) is 0 Å². The van der Waals surface area contributed by atoms with Crippen LogP contribution in [-0.4, -0.2) is 13.2 Å². The molecule has 72 valence electrons. The van der Waals surface area contributed by atoms with Crippen LogP contribution in [-0.2, 0) is 0 Å². The average Bonchev–Trinajstić information content (AvgIpc) is 2.03. The average molecular weight is 194 g/mol. The van der Waals surface area contributed by atoms with E-state index in [2.05, 4.69) is 31.8 Å². The highest BCUT2D eigenvalue weighted by Crippen LogP contribution is 2.11. The second-order valence-electron chi connectivity index (χ2n) is 4.55. The van der Waals surface area contributed by atoms with E-state index < -0.39 is 8.07 Å². The fourth-order valence-corrected chi connectivity index (χ4v) is 2.43. The number of rotatable bonds is 2. The van der Waals surface area contributed by atoms with Gasteiger partial charge in [0.05, 0.1) is 14.2 Å². The molecule has 1 aromatic rings. The predicted molar refractivity (Wildman–Crippen MR) is 60.1 cm³/mol. The molecule has 0 saturated carbocycles. The van der Waals surface area contributed by atoms with Crippen molar-refractivity contribution in [3.63, 3.8) is 0 Å². The van der Waals surface area contributed by atoms with Gasteiger partial charge >= 0.3 is 0 Å². The van der Waals surface area contributed by atoms with Crippen LogP contribution in [0.1, 0.15) is 18.6 Å². The van der Waals surface area contributed by atoms with E-state index in [0.29, 0.717) is 0 Å².